The summed E-state index contributed by atoms with van der Waals surface area (Å²) in [6.45, 7) is 4.04. The van der Waals surface area contributed by atoms with Crippen molar-refractivity contribution in [3.8, 4) is 0 Å². The zero-order chi connectivity index (χ0) is 14.0. The fourth-order valence-electron chi connectivity index (χ4n) is 1.69. The summed E-state index contributed by atoms with van der Waals surface area (Å²) in [6, 6.07) is 6.88. The molecule has 0 aliphatic heterocycles. The highest BCUT2D eigenvalue weighted by molar-refractivity contribution is 7.89. The molecule has 102 valence electrons. The summed E-state index contributed by atoms with van der Waals surface area (Å²) < 4.78 is 28.4. The molecule has 2 aromatic rings. The fraction of sp³-hybridized carbons (Fsp3) is 0.308. The largest absolute Gasteiger partial charge is 0.276 e. The van der Waals surface area contributed by atoms with Gasteiger partial charge in [-0.15, -0.1) is 0 Å². The number of nitrogens with one attached hydrogen (secondary N) is 1. The Morgan fingerprint density at radius 3 is 2.53 bits per heavy atom. The highest BCUT2D eigenvalue weighted by Crippen LogP contribution is 2.14. The second-order valence-corrected chi connectivity index (χ2v) is 6.32. The molecule has 2 rings (SSSR count). The van der Waals surface area contributed by atoms with E-state index in [4.69, 9.17) is 0 Å². The lowest BCUT2D eigenvalue weighted by Gasteiger charge is -2.07. The first kappa shape index (κ1) is 13.8. The number of hydrogen-bond acceptors (Lipinski definition) is 3. The summed E-state index contributed by atoms with van der Waals surface area (Å²) >= 11 is 0. The molecular formula is C13H17N3O2S. The van der Waals surface area contributed by atoms with Crippen LogP contribution in [0.15, 0.2) is 35.4 Å². The van der Waals surface area contributed by atoms with Crippen molar-refractivity contribution in [1.82, 2.24) is 14.5 Å². The van der Waals surface area contributed by atoms with Crippen LogP contribution in [-0.2, 0) is 23.6 Å². The maximum Gasteiger partial charge on any atom is 0.240 e. The van der Waals surface area contributed by atoms with Crippen LogP contribution < -0.4 is 4.72 Å². The van der Waals surface area contributed by atoms with E-state index in [1.165, 1.54) is 0 Å². The molecule has 0 unspecified atom stereocenters. The molecule has 19 heavy (non-hydrogen) atoms. The van der Waals surface area contributed by atoms with E-state index in [0.29, 0.717) is 5.69 Å². The van der Waals surface area contributed by atoms with Crippen LogP contribution in [0.25, 0.3) is 0 Å². The van der Waals surface area contributed by atoms with Crippen LogP contribution in [0.5, 0.6) is 0 Å². The van der Waals surface area contributed by atoms with Crippen LogP contribution in [0.2, 0.25) is 0 Å². The van der Waals surface area contributed by atoms with Gasteiger partial charge in [0.25, 0.3) is 0 Å². The van der Waals surface area contributed by atoms with Crippen molar-refractivity contribution in [2.45, 2.75) is 25.3 Å². The van der Waals surface area contributed by atoms with Crippen LogP contribution in [0.3, 0.4) is 0 Å². The molecule has 0 saturated carbocycles. The minimum Gasteiger partial charge on any atom is -0.276 e. The predicted octanol–water partition coefficient (Wildman–Crippen LogP) is 1.52. The molecule has 0 radical (unpaired) electrons. The van der Waals surface area contributed by atoms with E-state index in [1.54, 1.807) is 36.1 Å². The lowest BCUT2D eigenvalue weighted by molar-refractivity contribution is 0.579. The van der Waals surface area contributed by atoms with E-state index in [0.717, 1.165) is 11.1 Å². The van der Waals surface area contributed by atoms with Crippen molar-refractivity contribution in [3.63, 3.8) is 0 Å². The SMILES string of the molecule is Cc1ccc(S(=O)(=O)NCc2ccn(C)n2)cc1C. The van der Waals surface area contributed by atoms with E-state index < -0.39 is 10.0 Å². The van der Waals surface area contributed by atoms with Crippen LogP contribution in [-0.4, -0.2) is 18.2 Å². The topological polar surface area (TPSA) is 64.0 Å². The summed E-state index contributed by atoms with van der Waals surface area (Å²) in [4.78, 5) is 0.284. The smallest absolute Gasteiger partial charge is 0.240 e. The summed E-state index contributed by atoms with van der Waals surface area (Å²) in [5.41, 5.74) is 2.72. The van der Waals surface area contributed by atoms with Gasteiger partial charge in [-0.1, -0.05) is 6.07 Å². The number of nitrogens with zero attached hydrogens (tertiary/aromatic N) is 2. The Morgan fingerprint density at radius 1 is 1.21 bits per heavy atom. The van der Waals surface area contributed by atoms with Crippen molar-refractivity contribution in [2.24, 2.45) is 7.05 Å². The third-order valence-electron chi connectivity index (χ3n) is 3.00. The maximum absolute atomic E-state index is 12.1. The first-order chi connectivity index (χ1) is 8.88. The summed E-state index contributed by atoms with van der Waals surface area (Å²) in [5, 5.41) is 4.13. The molecule has 0 amide bonds. The van der Waals surface area contributed by atoms with Crippen LogP contribution in [0.1, 0.15) is 16.8 Å². The van der Waals surface area contributed by atoms with Gasteiger partial charge in [-0.05, 0) is 43.2 Å². The highest BCUT2D eigenvalue weighted by Gasteiger charge is 2.14. The Morgan fingerprint density at radius 2 is 1.95 bits per heavy atom. The first-order valence-corrected chi connectivity index (χ1v) is 7.42. The average molecular weight is 279 g/mol. The molecular weight excluding hydrogens is 262 g/mol. The van der Waals surface area contributed by atoms with E-state index in [1.807, 2.05) is 19.9 Å². The van der Waals surface area contributed by atoms with Crippen molar-refractivity contribution >= 4 is 10.0 Å². The quantitative estimate of drug-likeness (QED) is 0.922. The lowest BCUT2D eigenvalue weighted by atomic mass is 10.1. The monoisotopic (exact) mass is 279 g/mol. The molecule has 0 atom stereocenters. The number of sulfonamides is 1. The number of aromatic nitrogens is 2. The molecule has 0 bridgehead atoms. The average Bonchev–Trinajstić information content (AvgIpc) is 2.76. The second kappa shape index (κ2) is 5.14. The lowest BCUT2D eigenvalue weighted by Crippen LogP contribution is -2.23. The number of aryl methyl sites for hydroxylation is 3. The Balaban J connectivity index is 2.16. The number of rotatable bonds is 4. The van der Waals surface area contributed by atoms with Gasteiger partial charge in [0.05, 0.1) is 17.1 Å². The van der Waals surface area contributed by atoms with Gasteiger partial charge in [-0.3, -0.25) is 4.68 Å². The molecule has 0 fully saturated rings. The van der Waals surface area contributed by atoms with E-state index in [2.05, 4.69) is 9.82 Å². The van der Waals surface area contributed by atoms with E-state index >= 15 is 0 Å². The molecule has 0 saturated heterocycles. The van der Waals surface area contributed by atoms with Gasteiger partial charge in [0.2, 0.25) is 10.0 Å². The minimum absolute atomic E-state index is 0.191. The van der Waals surface area contributed by atoms with E-state index in [9.17, 15) is 8.42 Å². The van der Waals surface area contributed by atoms with Crippen molar-refractivity contribution in [1.29, 1.82) is 0 Å². The molecule has 1 aromatic heterocycles. The zero-order valence-corrected chi connectivity index (χ0v) is 12.0. The van der Waals surface area contributed by atoms with Crippen LogP contribution in [0.4, 0.5) is 0 Å². The Kier molecular flexibility index (Phi) is 3.73. The van der Waals surface area contributed by atoms with Crippen molar-refractivity contribution in [2.75, 3.05) is 0 Å². The molecule has 5 nitrogen and oxygen atoms in total. The van der Waals surface area contributed by atoms with Gasteiger partial charge >= 0.3 is 0 Å². The van der Waals surface area contributed by atoms with Crippen molar-refractivity contribution < 1.29 is 8.42 Å². The Bertz CT molecular complexity index is 690. The van der Waals surface area contributed by atoms with Gasteiger partial charge in [0.15, 0.2) is 0 Å². The van der Waals surface area contributed by atoms with Gasteiger partial charge < -0.3 is 0 Å². The van der Waals surface area contributed by atoms with Gasteiger partial charge in [-0.2, -0.15) is 5.10 Å². The Labute approximate surface area is 113 Å². The van der Waals surface area contributed by atoms with Crippen molar-refractivity contribution in [3.05, 3.63) is 47.3 Å². The minimum atomic E-state index is -3.49. The molecule has 0 spiro atoms. The third kappa shape index (κ3) is 3.21. The third-order valence-corrected chi connectivity index (χ3v) is 4.40. The molecule has 0 aliphatic carbocycles. The summed E-state index contributed by atoms with van der Waals surface area (Å²) in [5.74, 6) is 0. The van der Waals surface area contributed by atoms with Crippen LogP contribution in [0, 0.1) is 13.8 Å². The summed E-state index contributed by atoms with van der Waals surface area (Å²) in [7, 11) is -1.69. The maximum atomic E-state index is 12.1. The van der Waals surface area contributed by atoms with Gasteiger partial charge in [0, 0.05) is 13.2 Å². The second-order valence-electron chi connectivity index (χ2n) is 4.55. The fourth-order valence-corrected chi connectivity index (χ4v) is 2.77. The highest BCUT2D eigenvalue weighted by atomic mass is 32.2. The zero-order valence-electron chi connectivity index (χ0n) is 11.2. The molecule has 1 N–H and O–H groups in total. The molecule has 1 heterocycles. The number of hydrogen-bond donors (Lipinski definition) is 1. The first-order valence-electron chi connectivity index (χ1n) is 5.94. The van der Waals surface area contributed by atoms with E-state index in [-0.39, 0.29) is 11.4 Å². The van der Waals surface area contributed by atoms with Gasteiger partial charge in [-0.25, -0.2) is 13.1 Å². The molecule has 0 aliphatic rings. The Hall–Kier alpha value is -1.66. The molecule has 1 aromatic carbocycles. The standard InChI is InChI=1S/C13H17N3O2S/c1-10-4-5-13(8-11(10)2)19(17,18)14-9-12-6-7-16(3)15-12/h4-8,14H,9H2,1-3H3. The van der Waals surface area contributed by atoms with Gasteiger partial charge in [0.1, 0.15) is 0 Å². The van der Waals surface area contributed by atoms with Crippen LogP contribution >= 0.6 is 0 Å². The predicted molar refractivity (Wildman–Crippen MR) is 73.1 cm³/mol. The number of benzene rings is 1. The molecule has 6 heteroatoms. The summed E-state index contributed by atoms with van der Waals surface area (Å²) in [6.07, 6.45) is 1.78. The normalized spacial score (nSPS) is 11.7.